The number of amides is 2. The number of carbonyl (C=O) groups excluding carboxylic acids is 2. The second kappa shape index (κ2) is 9.91. The Balaban J connectivity index is 1.61. The Hall–Kier alpha value is -2.36. The minimum Gasteiger partial charge on any atom is -0.342 e. The highest BCUT2D eigenvalue weighted by Crippen LogP contribution is 2.38. The van der Waals surface area contributed by atoms with Crippen molar-refractivity contribution in [1.82, 2.24) is 9.80 Å². The second-order valence-corrected chi connectivity index (χ2v) is 8.47. The lowest BCUT2D eigenvalue weighted by Gasteiger charge is -2.41. The minimum absolute atomic E-state index is 0.0865. The normalized spacial score (nSPS) is 21.2. The van der Waals surface area contributed by atoms with Crippen molar-refractivity contribution in [3.05, 3.63) is 61.2 Å². The van der Waals surface area contributed by atoms with Gasteiger partial charge in [-0.3, -0.25) is 9.59 Å². The summed E-state index contributed by atoms with van der Waals surface area (Å²) in [5, 5.41) is 0. The van der Waals surface area contributed by atoms with Gasteiger partial charge in [-0.1, -0.05) is 42.5 Å². The maximum atomic E-state index is 13.4. The maximum absolute atomic E-state index is 13.4. The van der Waals surface area contributed by atoms with E-state index >= 15 is 0 Å². The summed E-state index contributed by atoms with van der Waals surface area (Å²) in [6.07, 6.45) is 10.5. The Morgan fingerprint density at radius 3 is 2.59 bits per heavy atom. The summed E-state index contributed by atoms with van der Waals surface area (Å²) < 4.78 is 0. The maximum Gasteiger partial charge on any atom is 0.227 e. The number of hydrogen-bond acceptors (Lipinski definition) is 2. The highest BCUT2D eigenvalue weighted by atomic mass is 16.2. The van der Waals surface area contributed by atoms with E-state index in [0.717, 1.165) is 51.6 Å². The van der Waals surface area contributed by atoms with Crippen LogP contribution < -0.4 is 0 Å². The quantitative estimate of drug-likeness (QED) is 0.584. The Bertz CT molecular complexity index is 718. The molecule has 0 saturated carbocycles. The van der Waals surface area contributed by atoms with Crippen LogP contribution in [0.2, 0.25) is 0 Å². The first-order chi connectivity index (χ1) is 14.1. The van der Waals surface area contributed by atoms with Crippen molar-refractivity contribution in [1.29, 1.82) is 0 Å². The molecule has 3 rings (SSSR count). The molecule has 1 aromatic rings. The number of piperidine rings is 1. The first-order valence-electron chi connectivity index (χ1n) is 10.9. The number of carbonyl (C=O) groups is 2. The lowest BCUT2D eigenvalue weighted by Crippen LogP contribution is -2.53. The molecule has 2 heterocycles. The molecule has 1 aromatic carbocycles. The van der Waals surface area contributed by atoms with E-state index in [4.69, 9.17) is 0 Å². The third-order valence-corrected chi connectivity index (χ3v) is 6.50. The van der Waals surface area contributed by atoms with Gasteiger partial charge in [0.2, 0.25) is 11.8 Å². The molecule has 0 aromatic heterocycles. The molecular weight excluding hydrogens is 360 g/mol. The fourth-order valence-electron chi connectivity index (χ4n) is 5.00. The summed E-state index contributed by atoms with van der Waals surface area (Å²) in [7, 11) is 0. The Kier molecular flexibility index (Phi) is 7.29. The van der Waals surface area contributed by atoms with E-state index < -0.39 is 0 Å². The molecule has 0 N–H and O–H groups in total. The number of hydrogen-bond donors (Lipinski definition) is 0. The van der Waals surface area contributed by atoms with Gasteiger partial charge in [0, 0.05) is 31.6 Å². The SMILES string of the molecule is C=CCC1(CC=C)CCCN1C(=O)[C@@H]1CCC(=O)N(CCCc2ccccc2)C1. The molecule has 0 spiro atoms. The van der Waals surface area contributed by atoms with Gasteiger partial charge < -0.3 is 9.80 Å². The molecule has 4 heteroatoms. The topological polar surface area (TPSA) is 40.6 Å². The minimum atomic E-state index is -0.166. The van der Waals surface area contributed by atoms with E-state index in [2.05, 4.69) is 30.2 Å². The first kappa shape index (κ1) is 21.4. The van der Waals surface area contributed by atoms with Gasteiger partial charge in [0.15, 0.2) is 0 Å². The molecule has 2 aliphatic heterocycles. The van der Waals surface area contributed by atoms with E-state index in [1.54, 1.807) is 0 Å². The molecule has 0 radical (unpaired) electrons. The fourth-order valence-corrected chi connectivity index (χ4v) is 5.00. The fraction of sp³-hybridized carbons (Fsp3) is 0.520. The summed E-state index contributed by atoms with van der Waals surface area (Å²) in [5.41, 5.74) is 1.13. The van der Waals surface area contributed by atoms with E-state index in [9.17, 15) is 9.59 Å². The van der Waals surface area contributed by atoms with Crippen LogP contribution in [0, 0.1) is 5.92 Å². The standard InChI is InChI=1S/C25H34N2O2/c1-3-15-25(16-4-2)17-9-19-27(25)24(29)22-13-14-23(28)26(20-22)18-8-12-21-10-6-5-7-11-21/h3-7,10-11,22H,1-2,8-9,12-20H2/t22-/m1/s1. The van der Waals surface area contributed by atoms with Gasteiger partial charge in [-0.25, -0.2) is 0 Å². The van der Waals surface area contributed by atoms with Crippen LogP contribution in [0.15, 0.2) is 55.6 Å². The van der Waals surface area contributed by atoms with Crippen LogP contribution >= 0.6 is 0 Å². The molecule has 2 saturated heterocycles. The van der Waals surface area contributed by atoms with Crippen LogP contribution in [0.5, 0.6) is 0 Å². The molecule has 29 heavy (non-hydrogen) atoms. The number of benzene rings is 1. The summed E-state index contributed by atoms with van der Waals surface area (Å²) in [4.78, 5) is 29.9. The summed E-state index contributed by atoms with van der Waals surface area (Å²) in [6.45, 7) is 9.91. The molecule has 4 nitrogen and oxygen atoms in total. The van der Waals surface area contributed by atoms with E-state index in [1.807, 2.05) is 35.3 Å². The van der Waals surface area contributed by atoms with Gasteiger partial charge in [-0.2, -0.15) is 0 Å². The van der Waals surface area contributed by atoms with Crippen LogP contribution in [0.1, 0.15) is 50.5 Å². The zero-order valence-electron chi connectivity index (χ0n) is 17.5. The van der Waals surface area contributed by atoms with Crippen molar-refractivity contribution >= 4 is 11.8 Å². The van der Waals surface area contributed by atoms with Crippen LogP contribution in [-0.4, -0.2) is 46.8 Å². The molecule has 2 amide bonds. The van der Waals surface area contributed by atoms with Crippen LogP contribution in [0.4, 0.5) is 0 Å². The van der Waals surface area contributed by atoms with Crippen molar-refractivity contribution in [2.45, 2.75) is 56.9 Å². The van der Waals surface area contributed by atoms with E-state index in [-0.39, 0.29) is 23.3 Å². The number of rotatable bonds is 9. The van der Waals surface area contributed by atoms with Crippen LogP contribution in [0.3, 0.4) is 0 Å². The van der Waals surface area contributed by atoms with Gasteiger partial charge in [0.1, 0.15) is 0 Å². The zero-order valence-corrected chi connectivity index (χ0v) is 17.5. The third-order valence-electron chi connectivity index (χ3n) is 6.50. The predicted molar refractivity (Wildman–Crippen MR) is 117 cm³/mol. The Labute approximate surface area is 175 Å². The van der Waals surface area contributed by atoms with Gasteiger partial charge in [-0.15, -0.1) is 13.2 Å². The zero-order chi connectivity index (χ0) is 20.7. The van der Waals surface area contributed by atoms with Crippen molar-refractivity contribution < 1.29 is 9.59 Å². The van der Waals surface area contributed by atoms with Crippen molar-refractivity contribution in [2.75, 3.05) is 19.6 Å². The van der Waals surface area contributed by atoms with Crippen LogP contribution in [-0.2, 0) is 16.0 Å². The Morgan fingerprint density at radius 1 is 1.17 bits per heavy atom. The van der Waals surface area contributed by atoms with E-state index in [0.29, 0.717) is 19.4 Å². The predicted octanol–water partition coefficient (Wildman–Crippen LogP) is 4.37. The molecule has 2 fully saturated rings. The molecule has 1 atom stereocenters. The summed E-state index contributed by atoms with van der Waals surface area (Å²) in [5.74, 6) is 0.315. The van der Waals surface area contributed by atoms with Gasteiger partial charge in [-0.05, 0) is 50.5 Å². The third kappa shape index (κ3) is 4.98. The molecule has 2 aliphatic rings. The number of nitrogens with zero attached hydrogens (tertiary/aromatic N) is 2. The van der Waals surface area contributed by atoms with Crippen molar-refractivity contribution in [3.63, 3.8) is 0 Å². The summed E-state index contributed by atoms with van der Waals surface area (Å²) >= 11 is 0. The molecule has 0 aliphatic carbocycles. The van der Waals surface area contributed by atoms with Crippen molar-refractivity contribution in [3.8, 4) is 0 Å². The van der Waals surface area contributed by atoms with Crippen molar-refractivity contribution in [2.24, 2.45) is 5.92 Å². The highest BCUT2D eigenvalue weighted by molar-refractivity contribution is 5.84. The number of aryl methyl sites for hydroxylation is 1. The largest absolute Gasteiger partial charge is 0.342 e. The average molecular weight is 395 g/mol. The lowest BCUT2D eigenvalue weighted by molar-refractivity contribution is -0.145. The van der Waals surface area contributed by atoms with Crippen LogP contribution in [0.25, 0.3) is 0 Å². The molecule has 156 valence electrons. The van der Waals surface area contributed by atoms with Gasteiger partial charge >= 0.3 is 0 Å². The lowest BCUT2D eigenvalue weighted by atomic mass is 9.86. The monoisotopic (exact) mass is 394 g/mol. The number of likely N-dealkylation sites (tertiary alicyclic amines) is 2. The smallest absolute Gasteiger partial charge is 0.227 e. The van der Waals surface area contributed by atoms with E-state index in [1.165, 1.54) is 5.56 Å². The molecular formula is C25H34N2O2. The highest BCUT2D eigenvalue weighted by Gasteiger charge is 2.44. The van der Waals surface area contributed by atoms with Gasteiger partial charge in [0.05, 0.1) is 5.92 Å². The second-order valence-electron chi connectivity index (χ2n) is 8.47. The Morgan fingerprint density at radius 2 is 1.90 bits per heavy atom. The summed E-state index contributed by atoms with van der Waals surface area (Å²) in [6, 6.07) is 10.4. The first-order valence-corrected chi connectivity index (χ1v) is 10.9. The van der Waals surface area contributed by atoms with Gasteiger partial charge in [0.25, 0.3) is 0 Å². The molecule has 0 unspecified atom stereocenters. The molecule has 0 bridgehead atoms. The average Bonchev–Trinajstić information content (AvgIpc) is 3.13.